The minimum absolute atomic E-state index is 0.268. The van der Waals surface area contributed by atoms with Gasteiger partial charge in [-0.15, -0.1) is 21.8 Å². The summed E-state index contributed by atoms with van der Waals surface area (Å²) in [5, 5.41) is 12.0. The summed E-state index contributed by atoms with van der Waals surface area (Å²) in [4.78, 5) is 28.5. The quantitative estimate of drug-likeness (QED) is 0.264. The summed E-state index contributed by atoms with van der Waals surface area (Å²) in [6.07, 6.45) is 0.861. The van der Waals surface area contributed by atoms with E-state index in [0.29, 0.717) is 38.8 Å². The van der Waals surface area contributed by atoms with Gasteiger partial charge in [-0.25, -0.2) is 0 Å². The van der Waals surface area contributed by atoms with Crippen molar-refractivity contribution >= 4 is 68.2 Å². The van der Waals surface area contributed by atoms with Crippen molar-refractivity contribution in [2.24, 2.45) is 0 Å². The van der Waals surface area contributed by atoms with Crippen LogP contribution in [0, 0.1) is 0 Å². The van der Waals surface area contributed by atoms with Gasteiger partial charge < -0.3 is 0 Å². The SMILES string of the molecule is O=C(Nc1nnc(CCCl)s1)/C(Cc1ccccc1)=C1/SC(=S)N(Cc2ccccc2)C1=O. The molecule has 168 valence electrons. The fourth-order valence-electron chi connectivity index (χ4n) is 3.21. The highest BCUT2D eigenvalue weighted by Crippen LogP contribution is 2.36. The van der Waals surface area contributed by atoms with Crippen LogP contribution in [-0.2, 0) is 29.0 Å². The van der Waals surface area contributed by atoms with Crippen molar-refractivity contribution in [1.82, 2.24) is 15.1 Å². The number of aryl methyl sites for hydroxylation is 1. The summed E-state index contributed by atoms with van der Waals surface area (Å²) >= 11 is 13.7. The Balaban J connectivity index is 1.63. The number of alkyl halides is 1. The summed E-state index contributed by atoms with van der Waals surface area (Å²) in [7, 11) is 0. The minimum atomic E-state index is -0.396. The molecule has 1 N–H and O–H groups in total. The van der Waals surface area contributed by atoms with Gasteiger partial charge in [0.2, 0.25) is 5.13 Å². The number of rotatable bonds is 8. The van der Waals surface area contributed by atoms with Crippen LogP contribution in [0.2, 0.25) is 0 Å². The summed E-state index contributed by atoms with van der Waals surface area (Å²) in [6.45, 7) is 0.355. The van der Waals surface area contributed by atoms with Crippen molar-refractivity contribution in [3.8, 4) is 0 Å². The first-order chi connectivity index (χ1) is 16.0. The molecule has 0 aliphatic carbocycles. The van der Waals surface area contributed by atoms with Crippen molar-refractivity contribution in [2.45, 2.75) is 19.4 Å². The standard InChI is InChI=1S/C23H19ClN4O2S3/c24-12-11-18-26-27-22(32-18)25-20(29)17(13-15-7-3-1-4-8-15)19-21(30)28(23(31)33-19)14-16-9-5-2-6-10-16/h1-10H,11-14H2,(H,25,27,29)/b19-17+. The van der Waals surface area contributed by atoms with Gasteiger partial charge in [-0.3, -0.25) is 19.8 Å². The molecular weight excluding hydrogens is 496 g/mol. The molecule has 2 heterocycles. The third kappa shape index (κ3) is 5.86. The summed E-state index contributed by atoms with van der Waals surface area (Å²) in [5.41, 5.74) is 2.23. The molecule has 2 aromatic carbocycles. The van der Waals surface area contributed by atoms with E-state index in [1.807, 2.05) is 60.7 Å². The van der Waals surface area contributed by atoms with Crippen LogP contribution in [-0.4, -0.2) is 37.1 Å². The number of anilines is 1. The number of nitrogens with one attached hydrogen (secondary N) is 1. The smallest absolute Gasteiger partial charge is 0.266 e. The number of carbonyl (C=O) groups is 2. The number of thiocarbonyl (C=S) groups is 1. The first kappa shape index (κ1) is 23.6. The van der Waals surface area contributed by atoms with Crippen LogP contribution in [0.4, 0.5) is 5.13 Å². The van der Waals surface area contributed by atoms with Crippen molar-refractivity contribution in [3.63, 3.8) is 0 Å². The molecule has 0 unspecified atom stereocenters. The van der Waals surface area contributed by atoms with Crippen molar-refractivity contribution in [2.75, 3.05) is 11.2 Å². The third-order valence-electron chi connectivity index (χ3n) is 4.80. The molecule has 1 fully saturated rings. The van der Waals surface area contributed by atoms with Gasteiger partial charge in [-0.05, 0) is 11.1 Å². The Kier molecular flexibility index (Phi) is 7.87. The fraction of sp³-hybridized carbons (Fsp3) is 0.174. The van der Waals surface area contributed by atoms with Gasteiger partial charge in [0.15, 0.2) is 0 Å². The van der Waals surface area contributed by atoms with E-state index in [2.05, 4.69) is 15.5 Å². The Morgan fingerprint density at radius 3 is 2.36 bits per heavy atom. The molecule has 10 heteroatoms. The maximum Gasteiger partial charge on any atom is 0.266 e. The third-order valence-corrected chi connectivity index (χ3v) is 7.38. The van der Waals surface area contributed by atoms with Gasteiger partial charge in [0.1, 0.15) is 9.33 Å². The fourth-order valence-corrected chi connectivity index (χ4v) is 5.55. The maximum atomic E-state index is 13.3. The van der Waals surface area contributed by atoms with E-state index in [4.69, 9.17) is 23.8 Å². The van der Waals surface area contributed by atoms with Crippen LogP contribution in [0.5, 0.6) is 0 Å². The molecule has 0 atom stereocenters. The molecule has 6 nitrogen and oxygen atoms in total. The Hall–Kier alpha value is -2.59. The lowest BCUT2D eigenvalue weighted by Crippen LogP contribution is -2.28. The number of benzene rings is 2. The van der Waals surface area contributed by atoms with E-state index in [1.54, 1.807) is 0 Å². The molecule has 1 saturated heterocycles. The van der Waals surface area contributed by atoms with E-state index in [0.717, 1.165) is 27.9 Å². The van der Waals surface area contributed by atoms with Crippen molar-refractivity contribution in [3.05, 3.63) is 87.3 Å². The zero-order valence-corrected chi connectivity index (χ0v) is 20.6. The lowest BCUT2D eigenvalue weighted by Gasteiger charge is -2.15. The van der Waals surface area contributed by atoms with Crippen LogP contribution in [0.1, 0.15) is 16.1 Å². The molecule has 0 bridgehead atoms. The molecule has 1 aliphatic rings. The Bertz CT molecular complexity index is 1200. The monoisotopic (exact) mass is 514 g/mol. The average Bonchev–Trinajstić information content (AvgIpc) is 3.38. The van der Waals surface area contributed by atoms with Crippen molar-refractivity contribution in [1.29, 1.82) is 0 Å². The minimum Gasteiger partial charge on any atom is -0.297 e. The van der Waals surface area contributed by atoms with E-state index >= 15 is 0 Å². The number of thioether (sulfide) groups is 1. The lowest BCUT2D eigenvalue weighted by atomic mass is 10.0. The molecule has 0 saturated carbocycles. The Labute approximate surface area is 210 Å². The van der Waals surface area contributed by atoms with Crippen LogP contribution in [0.3, 0.4) is 0 Å². The van der Waals surface area contributed by atoms with E-state index in [9.17, 15) is 9.59 Å². The van der Waals surface area contributed by atoms with E-state index < -0.39 is 5.91 Å². The van der Waals surface area contributed by atoms with E-state index in [-0.39, 0.29) is 12.3 Å². The summed E-state index contributed by atoms with van der Waals surface area (Å²) in [6, 6.07) is 19.2. The van der Waals surface area contributed by atoms with E-state index in [1.165, 1.54) is 16.2 Å². The zero-order valence-electron chi connectivity index (χ0n) is 17.4. The highest BCUT2D eigenvalue weighted by molar-refractivity contribution is 8.26. The molecule has 1 aliphatic heterocycles. The van der Waals surface area contributed by atoms with Gasteiger partial charge in [0.05, 0.1) is 11.4 Å². The second kappa shape index (κ2) is 11.0. The molecule has 2 amide bonds. The molecule has 0 spiro atoms. The first-order valence-electron chi connectivity index (χ1n) is 10.1. The Morgan fingerprint density at radius 1 is 1.03 bits per heavy atom. The zero-order chi connectivity index (χ0) is 23.2. The van der Waals surface area contributed by atoms with Gasteiger partial charge in [-0.2, -0.15) is 0 Å². The van der Waals surface area contributed by atoms with Crippen molar-refractivity contribution < 1.29 is 9.59 Å². The molecule has 3 aromatic rings. The number of nitrogens with zero attached hydrogens (tertiary/aromatic N) is 3. The van der Waals surface area contributed by atoms with Crippen LogP contribution >= 0.6 is 46.9 Å². The number of hydrogen-bond acceptors (Lipinski definition) is 7. The topological polar surface area (TPSA) is 75.2 Å². The predicted octanol–water partition coefficient (Wildman–Crippen LogP) is 4.82. The normalized spacial score (nSPS) is 15.1. The molecule has 33 heavy (non-hydrogen) atoms. The van der Waals surface area contributed by atoms with Gasteiger partial charge in [-0.1, -0.05) is 96.0 Å². The van der Waals surface area contributed by atoms with Crippen LogP contribution in [0.25, 0.3) is 0 Å². The highest BCUT2D eigenvalue weighted by atomic mass is 35.5. The van der Waals surface area contributed by atoms with Gasteiger partial charge in [0.25, 0.3) is 11.8 Å². The molecular formula is C23H19ClN4O2S3. The number of carbonyl (C=O) groups excluding carboxylic acids is 2. The van der Waals surface area contributed by atoms with Gasteiger partial charge >= 0.3 is 0 Å². The lowest BCUT2D eigenvalue weighted by molar-refractivity contribution is -0.123. The summed E-state index contributed by atoms with van der Waals surface area (Å²) < 4.78 is 0.428. The van der Waals surface area contributed by atoms with Crippen LogP contribution in [0.15, 0.2) is 71.1 Å². The van der Waals surface area contributed by atoms with Gasteiger partial charge in [0, 0.05) is 24.3 Å². The largest absolute Gasteiger partial charge is 0.297 e. The molecule has 1 aromatic heterocycles. The molecule has 4 rings (SSSR count). The summed E-state index contributed by atoms with van der Waals surface area (Å²) in [5.74, 6) is -0.242. The second-order valence-corrected chi connectivity index (χ2v) is 10.2. The van der Waals surface area contributed by atoms with Crippen LogP contribution < -0.4 is 5.32 Å². The number of amides is 2. The maximum absolute atomic E-state index is 13.3. The first-order valence-corrected chi connectivity index (χ1v) is 12.7. The number of hydrogen-bond donors (Lipinski definition) is 1. The highest BCUT2D eigenvalue weighted by Gasteiger charge is 2.36. The molecule has 0 radical (unpaired) electrons. The second-order valence-electron chi connectivity index (χ2n) is 7.11. The number of halogens is 1. The Morgan fingerprint density at radius 2 is 1.70 bits per heavy atom. The predicted molar refractivity (Wildman–Crippen MR) is 137 cm³/mol. The number of aromatic nitrogens is 2. The average molecular weight is 515 g/mol.